The van der Waals surface area contributed by atoms with Gasteiger partial charge in [0.05, 0.1) is 25.1 Å². The highest BCUT2D eigenvalue weighted by Gasteiger charge is 2.12. The summed E-state index contributed by atoms with van der Waals surface area (Å²) in [5.74, 6) is 0.0533. The predicted octanol–water partition coefficient (Wildman–Crippen LogP) is 1.12. The highest BCUT2D eigenvalue weighted by Crippen LogP contribution is 2.16. The highest BCUT2D eigenvalue weighted by molar-refractivity contribution is 5.94. The molecule has 0 amide bonds. The topological polar surface area (TPSA) is 42.4 Å². The Morgan fingerprint density at radius 3 is 2.80 bits per heavy atom. The molecular weight excluding hydrogens is 192 g/mol. The molecule has 0 aliphatic carbocycles. The van der Waals surface area contributed by atoms with Gasteiger partial charge in [0.2, 0.25) is 0 Å². The van der Waals surface area contributed by atoms with Crippen LogP contribution in [0.2, 0.25) is 0 Å². The number of ether oxygens (including phenoxy) is 1. The van der Waals surface area contributed by atoms with Crippen molar-refractivity contribution in [3.63, 3.8) is 0 Å². The number of Topliss-reactive ketones (excluding diaryl/α,β-unsaturated/α-hetero) is 1. The molecule has 0 saturated carbocycles. The monoisotopic (exact) mass is 206 g/mol. The number of carbonyl (C=O) groups is 1. The summed E-state index contributed by atoms with van der Waals surface area (Å²) in [7, 11) is 0. The SMILES string of the molecule is CC(=O)c1cncc(N2CCOCC2)c1. The van der Waals surface area contributed by atoms with Crippen molar-refractivity contribution in [3.8, 4) is 0 Å². The Bertz CT molecular complexity index is 359. The van der Waals surface area contributed by atoms with E-state index in [2.05, 4.69) is 9.88 Å². The molecule has 2 rings (SSSR count). The van der Waals surface area contributed by atoms with E-state index >= 15 is 0 Å². The minimum atomic E-state index is 0.0533. The van der Waals surface area contributed by atoms with Crippen LogP contribution in [0.25, 0.3) is 0 Å². The molecule has 0 spiro atoms. The Hall–Kier alpha value is -1.42. The molecule has 1 aliphatic rings. The van der Waals surface area contributed by atoms with Gasteiger partial charge in [-0.05, 0) is 13.0 Å². The number of pyridine rings is 1. The maximum absolute atomic E-state index is 11.2. The largest absolute Gasteiger partial charge is 0.378 e. The first-order valence-corrected chi connectivity index (χ1v) is 5.06. The summed E-state index contributed by atoms with van der Waals surface area (Å²) in [5, 5.41) is 0. The zero-order valence-corrected chi connectivity index (χ0v) is 8.77. The fraction of sp³-hybridized carbons (Fsp3) is 0.455. The molecule has 1 fully saturated rings. The molecule has 1 saturated heterocycles. The van der Waals surface area contributed by atoms with Crippen LogP contribution < -0.4 is 4.90 Å². The molecule has 1 aromatic rings. The van der Waals surface area contributed by atoms with Gasteiger partial charge in [-0.2, -0.15) is 0 Å². The van der Waals surface area contributed by atoms with Crippen LogP contribution in [0.4, 0.5) is 5.69 Å². The van der Waals surface area contributed by atoms with E-state index in [1.54, 1.807) is 19.3 Å². The van der Waals surface area contributed by atoms with E-state index in [-0.39, 0.29) is 5.78 Å². The summed E-state index contributed by atoms with van der Waals surface area (Å²) in [5.41, 5.74) is 1.67. The second kappa shape index (κ2) is 4.40. The van der Waals surface area contributed by atoms with Gasteiger partial charge >= 0.3 is 0 Å². The fourth-order valence-corrected chi connectivity index (χ4v) is 1.61. The second-order valence-corrected chi connectivity index (χ2v) is 3.59. The van der Waals surface area contributed by atoms with Crippen molar-refractivity contribution < 1.29 is 9.53 Å². The standard InChI is InChI=1S/C11H14N2O2/c1-9(14)10-6-11(8-12-7-10)13-2-4-15-5-3-13/h6-8H,2-5H2,1H3. The zero-order valence-electron chi connectivity index (χ0n) is 8.77. The van der Waals surface area contributed by atoms with Crippen LogP contribution in [0, 0.1) is 0 Å². The summed E-state index contributed by atoms with van der Waals surface area (Å²) in [6.07, 6.45) is 3.39. The maximum atomic E-state index is 11.2. The smallest absolute Gasteiger partial charge is 0.161 e. The van der Waals surface area contributed by atoms with Crippen molar-refractivity contribution in [3.05, 3.63) is 24.0 Å². The van der Waals surface area contributed by atoms with Crippen molar-refractivity contribution in [2.24, 2.45) is 0 Å². The first-order chi connectivity index (χ1) is 7.27. The Labute approximate surface area is 88.9 Å². The number of anilines is 1. The van der Waals surface area contributed by atoms with E-state index in [9.17, 15) is 4.79 Å². The van der Waals surface area contributed by atoms with Crippen molar-refractivity contribution >= 4 is 11.5 Å². The molecule has 0 atom stereocenters. The minimum Gasteiger partial charge on any atom is -0.378 e. The van der Waals surface area contributed by atoms with Crippen LogP contribution in [0.5, 0.6) is 0 Å². The van der Waals surface area contributed by atoms with E-state index in [0.29, 0.717) is 5.56 Å². The van der Waals surface area contributed by atoms with Crippen LogP contribution in [0.1, 0.15) is 17.3 Å². The van der Waals surface area contributed by atoms with E-state index in [1.165, 1.54) is 0 Å². The number of morpholine rings is 1. The lowest BCUT2D eigenvalue weighted by Gasteiger charge is -2.28. The number of carbonyl (C=O) groups excluding carboxylic acids is 1. The van der Waals surface area contributed by atoms with Crippen LogP contribution in [-0.4, -0.2) is 37.1 Å². The summed E-state index contributed by atoms with van der Waals surface area (Å²) in [4.78, 5) is 17.5. The number of rotatable bonds is 2. The molecule has 15 heavy (non-hydrogen) atoms. The molecule has 0 bridgehead atoms. The summed E-state index contributed by atoms with van der Waals surface area (Å²) in [6.45, 7) is 4.76. The maximum Gasteiger partial charge on any atom is 0.161 e. The van der Waals surface area contributed by atoms with Crippen molar-refractivity contribution in [2.45, 2.75) is 6.92 Å². The van der Waals surface area contributed by atoms with Gasteiger partial charge in [0.15, 0.2) is 5.78 Å². The quantitative estimate of drug-likeness (QED) is 0.680. The molecule has 2 heterocycles. The number of nitrogens with zero attached hydrogens (tertiary/aromatic N) is 2. The average Bonchev–Trinajstić information content (AvgIpc) is 2.30. The van der Waals surface area contributed by atoms with E-state index in [1.807, 2.05) is 6.07 Å². The van der Waals surface area contributed by atoms with E-state index in [0.717, 1.165) is 32.0 Å². The number of hydrogen-bond acceptors (Lipinski definition) is 4. The minimum absolute atomic E-state index is 0.0533. The molecule has 80 valence electrons. The van der Waals surface area contributed by atoms with Crippen molar-refractivity contribution in [1.29, 1.82) is 0 Å². The lowest BCUT2D eigenvalue weighted by Crippen LogP contribution is -2.36. The van der Waals surface area contributed by atoms with Crippen LogP contribution >= 0.6 is 0 Å². The molecule has 4 nitrogen and oxygen atoms in total. The molecule has 0 aromatic carbocycles. The van der Waals surface area contributed by atoms with Gasteiger partial charge in [0.25, 0.3) is 0 Å². The van der Waals surface area contributed by atoms with Gasteiger partial charge in [-0.25, -0.2) is 0 Å². The van der Waals surface area contributed by atoms with Gasteiger partial charge in [-0.3, -0.25) is 9.78 Å². The first kappa shape index (κ1) is 10.1. The molecular formula is C11H14N2O2. The Kier molecular flexibility index (Phi) is 2.97. The van der Waals surface area contributed by atoms with Crippen molar-refractivity contribution in [2.75, 3.05) is 31.2 Å². The lowest BCUT2D eigenvalue weighted by atomic mass is 10.2. The molecule has 4 heteroatoms. The summed E-state index contributed by atoms with van der Waals surface area (Å²) in [6, 6.07) is 1.89. The van der Waals surface area contributed by atoms with Crippen LogP contribution in [-0.2, 0) is 4.74 Å². The van der Waals surface area contributed by atoms with Gasteiger partial charge in [-0.15, -0.1) is 0 Å². The van der Waals surface area contributed by atoms with Crippen molar-refractivity contribution in [1.82, 2.24) is 4.98 Å². The molecule has 0 unspecified atom stereocenters. The van der Waals surface area contributed by atoms with E-state index < -0.39 is 0 Å². The number of aromatic nitrogens is 1. The third kappa shape index (κ3) is 2.33. The Morgan fingerprint density at radius 1 is 1.40 bits per heavy atom. The third-order valence-corrected chi connectivity index (χ3v) is 2.51. The molecule has 1 aromatic heterocycles. The van der Waals surface area contributed by atoms with Crippen LogP contribution in [0.15, 0.2) is 18.5 Å². The molecule has 1 aliphatic heterocycles. The van der Waals surface area contributed by atoms with E-state index in [4.69, 9.17) is 4.74 Å². The van der Waals surface area contributed by atoms with Gasteiger partial charge < -0.3 is 9.64 Å². The normalized spacial score (nSPS) is 16.5. The average molecular weight is 206 g/mol. The predicted molar refractivity (Wildman–Crippen MR) is 57.3 cm³/mol. The van der Waals surface area contributed by atoms with Gasteiger partial charge in [-0.1, -0.05) is 0 Å². The summed E-state index contributed by atoms with van der Waals surface area (Å²) >= 11 is 0. The highest BCUT2D eigenvalue weighted by atomic mass is 16.5. The third-order valence-electron chi connectivity index (χ3n) is 2.51. The fourth-order valence-electron chi connectivity index (χ4n) is 1.61. The Morgan fingerprint density at radius 2 is 2.13 bits per heavy atom. The first-order valence-electron chi connectivity index (χ1n) is 5.06. The van der Waals surface area contributed by atoms with Gasteiger partial charge in [0, 0.05) is 24.8 Å². The Balaban J connectivity index is 2.19. The van der Waals surface area contributed by atoms with Crippen LogP contribution in [0.3, 0.4) is 0 Å². The molecule has 0 N–H and O–H groups in total. The summed E-state index contributed by atoms with van der Waals surface area (Å²) < 4.78 is 5.27. The number of hydrogen-bond donors (Lipinski definition) is 0. The zero-order chi connectivity index (χ0) is 10.7. The van der Waals surface area contributed by atoms with Gasteiger partial charge in [0.1, 0.15) is 0 Å². The second-order valence-electron chi connectivity index (χ2n) is 3.59. The molecule has 0 radical (unpaired) electrons. The number of ketones is 1. The lowest BCUT2D eigenvalue weighted by molar-refractivity contribution is 0.101.